The number of benzene rings is 2. The van der Waals surface area contributed by atoms with Gasteiger partial charge in [-0.05, 0) is 43.3 Å². The lowest BCUT2D eigenvalue weighted by atomic mass is 10.2. The Bertz CT molecular complexity index is 735. The van der Waals surface area contributed by atoms with Crippen molar-refractivity contribution < 1.29 is 13.2 Å². The van der Waals surface area contributed by atoms with Crippen LogP contribution >= 0.6 is 0 Å². The number of sulfone groups is 1. The number of carbonyl (C=O) groups is 1. The summed E-state index contributed by atoms with van der Waals surface area (Å²) in [6.45, 7) is 1.77. The Morgan fingerprint density at radius 3 is 1.95 bits per heavy atom. The van der Waals surface area contributed by atoms with Gasteiger partial charge in [0.25, 0.3) is 0 Å². The predicted molar refractivity (Wildman–Crippen MR) is 80.8 cm³/mol. The molecule has 2 aromatic carbocycles. The van der Waals surface area contributed by atoms with Crippen LogP contribution in [0.15, 0.2) is 58.3 Å². The van der Waals surface area contributed by atoms with Crippen LogP contribution in [-0.2, 0) is 14.6 Å². The van der Waals surface area contributed by atoms with Gasteiger partial charge in [0.2, 0.25) is 15.7 Å². The van der Waals surface area contributed by atoms with E-state index in [0.717, 1.165) is 5.56 Å². The van der Waals surface area contributed by atoms with Crippen LogP contribution in [0.5, 0.6) is 0 Å². The number of hydrogen-bond donors (Lipinski definition) is 2. The summed E-state index contributed by atoms with van der Waals surface area (Å²) in [6, 6.07) is 12.7. The summed E-state index contributed by atoms with van der Waals surface area (Å²) in [5, 5.41) is 2.56. The molecule has 5 nitrogen and oxygen atoms in total. The molecule has 0 saturated carbocycles. The molecule has 21 heavy (non-hydrogen) atoms. The number of aryl methyl sites for hydroxylation is 1. The van der Waals surface area contributed by atoms with E-state index < -0.39 is 9.84 Å². The highest BCUT2D eigenvalue weighted by atomic mass is 32.2. The third kappa shape index (κ3) is 3.48. The molecule has 0 spiro atoms. The van der Waals surface area contributed by atoms with Gasteiger partial charge in [0.15, 0.2) is 0 Å². The molecule has 0 aromatic heterocycles. The second-order valence-electron chi connectivity index (χ2n) is 4.59. The SMILES string of the molecule is Cc1ccc(S(=O)(=O)c2ccc(NC(=O)CN)cc2)cc1. The van der Waals surface area contributed by atoms with Gasteiger partial charge in [-0.25, -0.2) is 8.42 Å². The smallest absolute Gasteiger partial charge is 0.238 e. The molecule has 1 amide bonds. The summed E-state index contributed by atoms with van der Waals surface area (Å²) >= 11 is 0. The summed E-state index contributed by atoms with van der Waals surface area (Å²) in [5.74, 6) is -0.329. The molecule has 110 valence electrons. The van der Waals surface area contributed by atoms with E-state index in [1.807, 2.05) is 6.92 Å². The zero-order valence-electron chi connectivity index (χ0n) is 11.5. The predicted octanol–water partition coefficient (Wildman–Crippen LogP) is 1.73. The Morgan fingerprint density at radius 1 is 1.00 bits per heavy atom. The lowest BCUT2D eigenvalue weighted by Crippen LogP contribution is -2.21. The molecule has 0 heterocycles. The second kappa shape index (κ2) is 6.07. The van der Waals surface area contributed by atoms with E-state index in [2.05, 4.69) is 5.32 Å². The maximum atomic E-state index is 12.4. The van der Waals surface area contributed by atoms with Crippen LogP contribution in [0.2, 0.25) is 0 Å². The Kier molecular flexibility index (Phi) is 4.40. The Morgan fingerprint density at radius 2 is 1.48 bits per heavy atom. The summed E-state index contributed by atoms with van der Waals surface area (Å²) < 4.78 is 24.9. The molecule has 2 aromatic rings. The molecule has 2 rings (SSSR count). The number of rotatable bonds is 4. The molecule has 0 aliphatic carbocycles. The zero-order valence-corrected chi connectivity index (χ0v) is 12.4. The summed E-state index contributed by atoms with van der Waals surface area (Å²) in [7, 11) is -3.54. The zero-order chi connectivity index (χ0) is 15.5. The van der Waals surface area contributed by atoms with Crippen molar-refractivity contribution in [1.29, 1.82) is 0 Å². The number of anilines is 1. The molecule has 0 aliphatic rings. The number of nitrogens with two attached hydrogens (primary N) is 1. The fourth-order valence-electron chi connectivity index (χ4n) is 1.78. The van der Waals surface area contributed by atoms with Crippen LogP contribution in [0.25, 0.3) is 0 Å². The average molecular weight is 304 g/mol. The highest BCUT2D eigenvalue weighted by Crippen LogP contribution is 2.22. The lowest BCUT2D eigenvalue weighted by molar-refractivity contribution is -0.114. The second-order valence-corrected chi connectivity index (χ2v) is 6.54. The number of nitrogens with one attached hydrogen (secondary N) is 1. The van der Waals surface area contributed by atoms with E-state index in [4.69, 9.17) is 5.73 Å². The fourth-order valence-corrected chi connectivity index (χ4v) is 3.04. The van der Waals surface area contributed by atoms with Crippen molar-refractivity contribution in [1.82, 2.24) is 0 Å². The maximum Gasteiger partial charge on any atom is 0.238 e. The van der Waals surface area contributed by atoms with Crippen LogP contribution in [0.3, 0.4) is 0 Å². The van der Waals surface area contributed by atoms with E-state index in [0.29, 0.717) is 5.69 Å². The first-order chi connectivity index (χ1) is 9.93. The van der Waals surface area contributed by atoms with Gasteiger partial charge in [0, 0.05) is 5.69 Å². The molecule has 0 unspecified atom stereocenters. The first-order valence-corrected chi connectivity index (χ1v) is 7.83. The van der Waals surface area contributed by atoms with Crippen LogP contribution < -0.4 is 11.1 Å². The molecule has 0 bridgehead atoms. The lowest BCUT2D eigenvalue weighted by Gasteiger charge is -2.07. The number of amides is 1. The van der Waals surface area contributed by atoms with Gasteiger partial charge in [-0.3, -0.25) is 4.79 Å². The minimum atomic E-state index is -3.54. The van der Waals surface area contributed by atoms with Gasteiger partial charge in [-0.2, -0.15) is 0 Å². The summed E-state index contributed by atoms with van der Waals surface area (Å²) in [5.41, 5.74) is 6.70. The van der Waals surface area contributed by atoms with Crippen molar-refractivity contribution in [3.8, 4) is 0 Å². The van der Waals surface area contributed by atoms with Gasteiger partial charge >= 0.3 is 0 Å². The normalized spacial score (nSPS) is 11.1. The van der Waals surface area contributed by atoms with Crippen molar-refractivity contribution in [2.24, 2.45) is 5.73 Å². The van der Waals surface area contributed by atoms with Gasteiger partial charge in [-0.1, -0.05) is 17.7 Å². The number of hydrogen-bond acceptors (Lipinski definition) is 4. The van der Waals surface area contributed by atoms with E-state index in [9.17, 15) is 13.2 Å². The minimum absolute atomic E-state index is 0.122. The molecule has 0 saturated heterocycles. The molecule has 0 radical (unpaired) electrons. The summed E-state index contributed by atoms with van der Waals surface area (Å²) in [6.07, 6.45) is 0. The summed E-state index contributed by atoms with van der Waals surface area (Å²) in [4.78, 5) is 11.6. The average Bonchev–Trinajstić information content (AvgIpc) is 2.48. The molecular formula is C15H16N2O3S. The maximum absolute atomic E-state index is 12.4. The van der Waals surface area contributed by atoms with Gasteiger partial charge < -0.3 is 11.1 Å². The molecule has 6 heteroatoms. The highest BCUT2D eigenvalue weighted by Gasteiger charge is 2.17. The Balaban J connectivity index is 2.29. The van der Waals surface area contributed by atoms with Gasteiger partial charge in [0.1, 0.15) is 0 Å². The fraction of sp³-hybridized carbons (Fsp3) is 0.133. The monoisotopic (exact) mass is 304 g/mol. The van der Waals surface area contributed by atoms with Crippen LogP contribution in [0.1, 0.15) is 5.56 Å². The molecule has 0 fully saturated rings. The van der Waals surface area contributed by atoms with Crippen LogP contribution in [0, 0.1) is 6.92 Å². The van der Waals surface area contributed by atoms with Crippen LogP contribution in [0.4, 0.5) is 5.69 Å². The van der Waals surface area contributed by atoms with E-state index >= 15 is 0 Å². The van der Waals surface area contributed by atoms with Crippen molar-refractivity contribution in [3.63, 3.8) is 0 Å². The third-order valence-electron chi connectivity index (χ3n) is 2.97. The van der Waals surface area contributed by atoms with Crippen molar-refractivity contribution >= 4 is 21.4 Å². The Labute approximate surface area is 123 Å². The minimum Gasteiger partial charge on any atom is -0.325 e. The molecule has 0 aliphatic heterocycles. The first-order valence-electron chi connectivity index (χ1n) is 6.35. The first kappa shape index (κ1) is 15.2. The molecule has 0 atom stereocenters. The standard InChI is InChI=1S/C15H16N2O3S/c1-11-2-6-13(7-3-11)21(19,20)14-8-4-12(5-9-14)17-15(18)10-16/h2-9H,10,16H2,1H3,(H,17,18). The highest BCUT2D eigenvalue weighted by molar-refractivity contribution is 7.91. The van der Waals surface area contributed by atoms with E-state index in [1.165, 1.54) is 24.3 Å². The number of carbonyl (C=O) groups excluding carboxylic acids is 1. The van der Waals surface area contributed by atoms with Crippen molar-refractivity contribution in [2.75, 3.05) is 11.9 Å². The van der Waals surface area contributed by atoms with Crippen molar-refractivity contribution in [2.45, 2.75) is 16.7 Å². The topological polar surface area (TPSA) is 89.3 Å². The quantitative estimate of drug-likeness (QED) is 0.900. The van der Waals surface area contributed by atoms with E-state index in [-0.39, 0.29) is 22.2 Å². The Hall–Kier alpha value is -2.18. The van der Waals surface area contributed by atoms with E-state index in [1.54, 1.807) is 24.3 Å². The van der Waals surface area contributed by atoms with Gasteiger partial charge in [-0.15, -0.1) is 0 Å². The molecule has 3 N–H and O–H groups in total. The van der Waals surface area contributed by atoms with Crippen LogP contribution in [-0.4, -0.2) is 20.9 Å². The van der Waals surface area contributed by atoms with Crippen molar-refractivity contribution in [3.05, 3.63) is 54.1 Å². The largest absolute Gasteiger partial charge is 0.325 e. The van der Waals surface area contributed by atoms with Gasteiger partial charge in [0.05, 0.1) is 16.3 Å². The third-order valence-corrected chi connectivity index (χ3v) is 4.75. The molecular weight excluding hydrogens is 288 g/mol.